The van der Waals surface area contributed by atoms with Gasteiger partial charge in [-0.25, -0.2) is 9.67 Å². The predicted molar refractivity (Wildman–Crippen MR) is 87.6 cm³/mol. The molecule has 2 heterocycles. The molecule has 1 aliphatic carbocycles. The van der Waals surface area contributed by atoms with Crippen molar-refractivity contribution in [3.63, 3.8) is 0 Å². The van der Waals surface area contributed by atoms with E-state index in [1.165, 1.54) is 44.9 Å². The summed E-state index contributed by atoms with van der Waals surface area (Å²) in [6, 6.07) is 3.14. The summed E-state index contributed by atoms with van der Waals surface area (Å²) in [5.41, 5.74) is 2.12. The van der Waals surface area contributed by atoms with Gasteiger partial charge in [0, 0.05) is 17.5 Å². The van der Waals surface area contributed by atoms with E-state index in [1.54, 1.807) is 0 Å². The third-order valence-corrected chi connectivity index (χ3v) is 4.40. The third kappa shape index (κ3) is 3.36. The van der Waals surface area contributed by atoms with Gasteiger partial charge in [0.25, 0.3) is 0 Å². The Bertz CT molecular complexity index is 579. The molecule has 0 unspecified atom stereocenters. The largest absolute Gasteiger partial charge is 0.381 e. The monoisotopic (exact) mass is 286 g/mol. The minimum atomic E-state index is 0.347. The highest BCUT2D eigenvalue weighted by molar-refractivity contribution is 5.78. The Morgan fingerprint density at radius 1 is 1.10 bits per heavy atom. The van der Waals surface area contributed by atoms with Crippen LogP contribution in [0.5, 0.6) is 0 Å². The summed E-state index contributed by atoms with van der Waals surface area (Å²) in [7, 11) is 0. The van der Waals surface area contributed by atoms with Gasteiger partial charge in [-0.2, -0.15) is 5.10 Å². The van der Waals surface area contributed by atoms with Crippen molar-refractivity contribution in [3.05, 3.63) is 18.5 Å². The van der Waals surface area contributed by atoms with Crippen LogP contribution in [0.3, 0.4) is 0 Å². The van der Waals surface area contributed by atoms with Gasteiger partial charge in [0.2, 0.25) is 0 Å². The molecule has 0 bridgehead atoms. The Morgan fingerprint density at radius 2 is 1.81 bits per heavy atom. The second-order valence-electron chi connectivity index (χ2n) is 6.51. The second-order valence-corrected chi connectivity index (χ2v) is 6.51. The van der Waals surface area contributed by atoms with Crippen molar-refractivity contribution in [2.75, 3.05) is 5.32 Å². The fraction of sp³-hybridized carbons (Fsp3) is 0.647. The maximum Gasteiger partial charge on any atom is 0.158 e. The Hall–Kier alpha value is -1.58. The predicted octanol–water partition coefficient (Wildman–Crippen LogP) is 4.54. The molecule has 0 spiro atoms. The van der Waals surface area contributed by atoms with Gasteiger partial charge < -0.3 is 5.32 Å². The lowest BCUT2D eigenvalue weighted by Gasteiger charge is -2.22. The van der Waals surface area contributed by atoms with E-state index < -0.39 is 0 Å². The van der Waals surface area contributed by atoms with Gasteiger partial charge in [-0.15, -0.1) is 0 Å². The molecule has 0 amide bonds. The molecule has 3 rings (SSSR count). The number of pyridine rings is 1. The summed E-state index contributed by atoms with van der Waals surface area (Å²) in [4.78, 5) is 4.61. The molecule has 0 aromatic carbocycles. The summed E-state index contributed by atoms with van der Waals surface area (Å²) in [5.74, 6) is 0. The van der Waals surface area contributed by atoms with Crippen molar-refractivity contribution in [2.45, 2.75) is 70.9 Å². The van der Waals surface area contributed by atoms with Crippen LogP contribution in [0.1, 0.15) is 64.8 Å². The lowest BCUT2D eigenvalue weighted by Crippen LogP contribution is -2.20. The number of rotatable bonds is 3. The van der Waals surface area contributed by atoms with E-state index in [4.69, 9.17) is 0 Å². The van der Waals surface area contributed by atoms with Crippen LogP contribution >= 0.6 is 0 Å². The van der Waals surface area contributed by atoms with Crippen molar-refractivity contribution in [1.29, 1.82) is 0 Å². The summed E-state index contributed by atoms with van der Waals surface area (Å²) >= 11 is 0. The standard InChI is InChI=1S/C17H26N4/c1-13(2)21-17-14(11-19-21)10-16(12-18-17)20-15-8-6-4-3-5-7-9-15/h10-13,15,20H,3-9H2,1-2H3. The van der Waals surface area contributed by atoms with Crippen LogP contribution < -0.4 is 5.32 Å². The summed E-state index contributed by atoms with van der Waals surface area (Å²) in [6.45, 7) is 4.27. The van der Waals surface area contributed by atoms with E-state index in [0.29, 0.717) is 12.1 Å². The second kappa shape index (κ2) is 6.46. The molecule has 4 nitrogen and oxygen atoms in total. The summed E-state index contributed by atoms with van der Waals surface area (Å²) < 4.78 is 1.98. The van der Waals surface area contributed by atoms with E-state index >= 15 is 0 Å². The first kappa shape index (κ1) is 14.4. The van der Waals surface area contributed by atoms with Gasteiger partial charge in [-0.05, 0) is 32.8 Å². The number of anilines is 1. The fourth-order valence-corrected chi connectivity index (χ4v) is 3.23. The molecule has 114 valence electrons. The molecule has 1 saturated carbocycles. The van der Waals surface area contributed by atoms with Gasteiger partial charge in [-0.3, -0.25) is 0 Å². The average Bonchev–Trinajstić information content (AvgIpc) is 2.85. The summed E-state index contributed by atoms with van der Waals surface area (Å²) in [5, 5.41) is 9.24. The van der Waals surface area contributed by atoms with E-state index in [0.717, 1.165) is 16.7 Å². The van der Waals surface area contributed by atoms with E-state index in [-0.39, 0.29) is 0 Å². The number of aromatic nitrogens is 3. The molecule has 1 fully saturated rings. The van der Waals surface area contributed by atoms with Crippen LogP contribution in [0, 0.1) is 0 Å². The number of fused-ring (bicyclic) bond motifs is 1. The average molecular weight is 286 g/mol. The minimum Gasteiger partial charge on any atom is -0.381 e. The van der Waals surface area contributed by atoms with Crippen LogP contribution in [0.4, 0.5) is 5.69 Å². The van der Waals surface area contributed by atoms with Crippen LogP contribution in [-0.4, -0.2) is 20.8 Å². The number of hydrogen-bond donors (Lipinski definition) is 1. The first-order valence-electron chi connectivity index (χ1n) is 8.34. The quantitative estimate of drug-likeness (QED) is 0.901. The van der Waals surface area contributed by atoms with Crippen LogP contribution in [-0.2, 0) is 0 Å². The fourth-order valence-electron chi connectivity index (χ4n) is 3.23. The Morgan fingerprint density at radius 3 is 2.52 bits per heavy atom. The molecule has 1 N–H and O–H groups in total. The van der Waals surface area contributed by atoms with E-state index in [1.807, 2.05) is 17.1 Å². The third-order valence-electron chi connectivity index (χ3n) is 4.40. The molecule has 0 radical (unpaired) electrons. The molecule has 0 aliphatic heterocycles. The molecule has 21 heavy (non-hydrogen) atoms. The van der Waals surface area contributed by atoms with Crippen LogP contribution in [0.2, 0.25) is 0 Å². The topological polar surface area (TPSA) is 42.7 Å². The van der Waals surface area contributed by atoms with Gasteiger partial charge >= 0.3 is 0 Å². The molecule has 4 heteroatoms. The Labute approximate surface area is 126 Å². The number of nitrogens with one attached hydrogen (secondary N) is 1. The molecule has 2 aromatic heterocycles. The van der Waals surface area contributed by atoms with E-state index in [9.17, 15) is 0 Å². The number of hydrogen-bond acceptors (Lipinski definition) is 3. The Kier molecular flexibility index (Phi) is 4.42. The lowest BCUT2D eigenvalue weighted by molar-refractivity contribution is 0.471. The SMILES string of the molecule is CC(C)n1ncc2cc(NC3CCCCCCC3)cnc21. The Balaban J connectivity index is 1.74. The van der Waals surface area contributed by atoms with Crippen molar-refractivity contribution >= 4 is 16.7 Å². The normalized spacial score (nSPS) is 17.9. The van der Waals surface area contributed by atoms with Crippen molar-refractivity contribution in [1.82, 2.24) is 14.8 Å². The lowest BCUT2D eigenvalue weighted by atomic mass is 9.96. The maximum atomic E-state index is 4.61. The minimum absolute atomic E-state index is 0.347. The molecule has 0 saturated heterocycles. The highest BCUT2D eigenvalue weighted by Crippen LogP contribution is 2.23. The zero-order valence-corrected chi connectivity index (χ0v) is 13.2. The first-order chi connectivity index (χ1) is 10.2. The molecule has 2 aromatic rings. The molecular formula is C17H26N4. The van der Waals surface area contributed by atoms with Gasteiger partial charge in [-0.1, -0.05) is 32.1 Å². The molecular weight excluding hydrogens is 260 g/mol. The highest BCUT2D eigenvalue weighted by Gasteiger charge is 2.13. The first-order valence-corrected chi connectivity index (χ1v) is 8.34. The smallest absolute Gasteiger partial charge is 0.158 e. The molecule has 0 atom stereocenters. The van der Waals surface area contributed by atoms with Crippen LogP contribution in [0.15, 0.2) is 18.5 Å². The number of nitrogens with zero attached hydrogens (tertiary/aromatic N) is 3. The summed E-state index contributed by atoms with van der Waals surface area (Å²) in [6.07, 6.45) is 13.3. The highest BCUT2D eigenvalue weighted by atomic mass is 15.3. The van der Waals surface area contributed by atoms with Gasteiger partial charge in [0.15, 0.2) is 5.65 Å². The van der Waals surface area contributed by atoms with Crippen LogP contribution in [0.25, 0.3) is 11.0 Å². The van der Waals surface area contributed by atoms with Crippen molar-refractivity contribution < 1.29 is 0 Å². The van der Waals surface area contributed by atoms with Crippen molar-refractivity contribution in [3.8, 4) is 0 Å². The maximum absolute atomic E-state index is 4.61. The zero-order chi connectivity index (χ0) is 14.7. The van der Waals surface area contributed by atoms with Gasteiger partial charge in [0.05, 0.1) is 18.1 Å². The zero-order valence-electron chi connectivity index (χ0n) is 13.2. The van der Waals surface area contributed by atoms with E-state index in [2.05, 4.69) is 35.3 Å². The van der Waals surface area contributed by atoms with Crippen molar-refractivity contribution in [2.24, 2.45) is 0 Å². The van der Waals surface area contributed by atoms with Gasteiger partial charge in [0.1, 0.15) is 0 Å². The molecule has 1 aliphatic rings.